The molecule has 1 aromatic carbocycles. The van der Waals surface area contributed by atoms with Crippen molar-refractivity contribution in [3.05, 3.63) is 53.6 Å². The van der Waals surface area contributed by atoms with Crippen LogP contribution in [0.1, 0.15) is 25.0 Å². The topological polar surface area (TPSA) is 105 Å². The van der Waals surface area contributed by atoms with E-state index in [0.717, 1.165) is 0 Å². The fourth-order valence-corrected chi connectivity index (χ4v) is 2.44. The van der Waals surface area contributed by atoms with E-state index >= 15 is 0 Å². The summed E-state index contributed by atoms with van der Waals surface area (Å²) in [5, 5.41) is 10.1. The lowest BCUT2D eigenvalue weighted by molar-refractivity contribution is -0.113. The van der Waals surface area contributed by atoms with Crippen molar-refractivity contribution < 1.29 is 14.3 Å². The van der Waals surface area contributed by atoms with Crippen LogP contribution >= 0.6 is 0 Å². The SMILES string of the molecule is CC(C)(O)c1cc(F)cc(-c2cnc3[nH]cc(/C=C/C(N)=O)c3n2)c1. The van der Waals surface area contributed by atoms with Gasteiger partial charge in [-0.25, -0.2) is 14.4 Å². The molecule has 0 fully saturated rings. The van der Waals surface area contributed by atoms with E-state index in [1.165, 1.54) is 30.5 Å². The summed E-state index contributed by atoms with van der Waals surface area (Å²) >= 11 is 0. The van der Waals surface area contributed by atoms with Gasteiger partial charge in [-0.15, -0.1) is 0 Å². The van der Waals surface area contributed by atoms with Crippen LogP contribution in [0, 0.1) is 5.82 Å². The Morgan fingerprint density at radius 3 is 2.80 bits per heavy atom. The second kappa shape index (κ2) is 6.10. The van der Waals surface area contributed by atoms with Crippen molar-refractivity contribution in [2.75, 3.05) is 0 Å². The highest BCUT2D eigenvalue weighted by atomic mass is 19.1. The Morgan fingerprint density at radius 2 is 2.12 bits per heavy atom. The number of benzene rings is 1. The number of H-pyrrole nitrogens is 1. The highest BCUT2D eigenvalue weighted by molar-refractivity contribution is 5.93. The average molecular weight is 340 g/mol. The molecule has 0 spiro atoms. The van der Waals surface area contributed by atoms with Crippen molar-refractivity contribution >= 4 is 23.1 Å². The number of nitrogens with two attached hydrogens (primary N) is 1. The number of aliphatic hydroxyl groups is 1. The van der Waals surface area contributed by atoms with E-state index in [4.69, 9.17) is 5.73 Å². The Morgan fingerprint density at radius 1 is 1.36 bits per heavy atom. The predicted octanol–water partition coefficient (Wildman–Crippen LogP) is 2.49. The molecule has 0 bridgehead atoms. The normalized spacial score (nSPS) is 12.2. The van der Waals surface area contributed by atoms with Gasteiger partial charge < -0.3 is 15.8 Å². The average Bonchev–Trinajstić information content (AvgIpc) is 2.93. The van der Waals surface area contributed by atoms with Crippen LogP contribution < -0.4 is 5.73 Å². The minimum Gasteiger partial charge on any atom is -0.386 e. The van der Waals surface area contributed by atoms with Gasteiger partial charge in [-0.2, -0.15) is 0 Å². The predicted molar refractivity (Wildman–Crippen MR) is 92.8 cm³/mol. The Kier molecular flexibility index (Phi) is 4.10. The van der Waals surface area contributed by atoms with Crippen LogP contribution in [0.3, 0.4) is 0 Å². The summed E-state index contributed by atoms with van der Waals surface area (Å²) in [5.41, 5.74) is 7.02. The maximum atomic E-state index is 14.0. The minimum absolute atomic E-state index is 0.437. The standard InChI is InChI=1S/C18H17FN4O2/c1-18(2,25)12-5-11(6-13(19)7-12)14-9-22-17-16(23-14)10(8-21-17)3-4-15(20)24/h3-9,25H,1-2H3,(H2,20,24)(H,21,22)/b4-3+. The molecule has 7 heteroatoms. The minimum atomic E-state index is -1.18. The van der Waals surface area contributed by atoms with Crippen LogP contribution in [-0.2, 0) is 10.4 Å². The molecule has 1 amide bonds. The number of rotatable bonds is 4. The highest BCUT2D eigenvalue weighted by Crippen LogP contribution is 2.28. The monoisotopic (exact) mass is 340 g/mol. The van der Waals surface area contributed by atoms with Crippen molar-refractivity contribution in [2.45, 2.75) is 19.4 Å². The van der Waals surface area contributed by atoms with Gasteiger partial charge in [-0.3, -0.25) is 4.79 Å². The van der Waals surface area contributed by atoms with Gasteiger partial charge in [0, 0.05) is 23.4 Å². The van der Waals surface area contributed by atoms with E-state index < -0.39 is 17.3 Å². The molecule has 0 saturated carbocycles. The molecule has 6 nitrogen and oxygen atoms in total. The Labute approximate surface area is 143 Å². The number of primary amides is 1. The highest BCUT2D eigenvalue weighted by Gasteiger charge is 2.18. The van der Waals surface area contributed by atoms with Crippen molar-refractivity contribution in [1.29, 1.82) is 0 Å². The number of nitrogens with one attached hydrogen (secondary N) is 1. The molecule has 0 radical (unpaired) electrons. The largest absolute Gasteiger partial charge is 0.386 e. The lowest BCUT2D eigenvalue weighted by Crippen LogP contribution is -2.15. The summed E-state index contributed by atoms with van der Waals surface area (Å²) in [6.45, 7) is 3.17. The second-order valence-corrected chi connectivity index (χ2v) is 6.22. The third-order valence-corrected chi connectivity index (χ3v) is 3.74. The van der Waals surface area contributed by atoms with Gasteiger partial charge in [0.15, 0.2) is 5.65 Å². The summed E-state index contributed by atoms with van der Waals surface area (Å²) in [7, 11) is 0. The molecule has 3 aromatic rings. The number of hydrogen-bond donors (Lipinski definition) is 3. The van der Waals surface area contributed by atoms with Gasteiger partial charge in [0.1, 0.15) is 11.3 Å². The molecule has 0 aliphatic rings. The molecule has 0 aliphatic heterocycles. The van der Waals surface area contributed by atoms with Crippen LogP contribution in [0.4, 0.5) is 4.39 Å². The van der Waals surface area contributed by atoms with Crippen LogP contribution in [0.2, 0.25) is 0 Å². The maximum Gasteiger partial charge on any atom is 0.241 e. The molecular weight excluding hydrogens is 323 g/mol. The molecule has 4 N–H and O–H groups in total. The number of aromatic nitrogens is 3. The summed E-state index contributed by atoms with van der Waals surface area (Å²) in [5.74, 6) is -1.04. The van der Waals surface area contributed by atoms with Gasteiger partial charge in [0.25, 0.3) is 0 Å². The van der Waals surface area contributed by atoms with E-state index in [0.29, 0.717) is 33.5 Å². The Balaban J connectivity index is 2.12. The molecule has 2 aromatic heterocycles. The molecular formula is C18H17FN4O2. The van der Waals surface area contributed by atoms with Crippen LogP contribution in [0.25, 0.3) is 28.5 Å². The van der Waals surface area contributed by atoms with E-state index in [1.807, 2.05) is 0 Å². The summed E-state index contributed by atoms with van der Waals surface area (Å²) in [6.07, 6.45) is 5.93. The van der Waals surface area contributed by atoms with Gasteiger partial charge in [-0.1, -0.05) is 0 Å². The smallest absolute Gasteiger partial charge is 0.241 e. The molecule has 0 unspecified atom stereocenters. The van der Waals surface area contributed by atoms with E-state index in [-0.39, 0.29) is 0 Å². The number of aromatic amines is 1. The van der Waals surface area contributed by atoms with Gasteiger partial charge in [0.2, 0.25) is 5.91 Å². The zero-order valence-corrected chi connectivity index (χ0v) is 13.7. The number of carbonyl (C=O) groups excluding carboxylic acids is 1. The number of carbonyl (C=O) groups is 1. The lowest BCUT2D eigenvalue weighted by Gasteiger charge is -2.18. The van der Waals surface area contributed by atoms with Gasteiger partial charge in [-0.05, 0) is 43.7 Å². The van der Waals surface area contributed by atoms with Crippen molar-refractivity contribution in [2.24, 2.45) is 5.73 Å². The maximum absolute atomic E-state index is 14.0. The first-order valence-corrected chi connectivity index (χ1v) is 7.59. The molecule has 0 atom stereocenters. The van der Waals surface area contributed by atoms with E-state index in [2.05, 4.69) is 15.0 Å². The molecule has 3 rings (SSSR count). The Hall–Kier alpha value is -3.06. The first-order chi connectivity index (χ1) is 11.7. The van der Waals surface area contributed by atoms with Crippen molar-refractivity contribution in [1.82, 2.24) is 15.0 Å². The van der Waals surface area contributed by atoms with Gasteiger partial charge >= 0.3 is 0 Å². The molecule has 25 heavy (non-hydrogen) atoms. The quantitative estimate of drug-likeness (QED) is 0.635. The van der Waals surface area contributed by atoms with Gasteiger partial charge in [0.05, 0.1) is 17.5 Å². The third kappa shape index (κ3) is 3.56. The van der Waals surface area contributed by atoms with Crippen molar-refractivity contribution in [3.63, 3.8) is 0 Å². The van der Waals surface area contributed by atoms with Crippen LogP contribution in [0.5, 0.6) is 0 Å². The van der Waals surface area contributed by atoms with Crippen LogP contribution in [0.15, 0.2) is 36.7 Å². The fraction of sp³-hybridized carbons (Fsp3) is 0.167. The number of fused-ring (bicyclic) bond motifs is 1. The lowest BCUT2D eigenvalue weighted by atomic mass is 9.95. The summed E-state index contributed by atoms with van der Waals surface area (Å²) in [4.78, 5) is 22.6. The molecule has 0 saturated heterocycles. The van der Waals surface area contributed by atoms with Crippen molar-refractivity contribution in [3.8, 4) is 11.3 Å². The third-order valence-electron chi connectivity index (χ3n) is 3.74. The van der Waals surface area contributed by atoms with Crippen LogP contribution in [-0.4, -0.2) is 26.0 Å². The van der Waals surface area contributed by atoms with E-state index in [1.54, 1.807) is 26.1 Å². The second-order valence-electron chi connectivity index (χ2n) is 6.22. The molecule has 128 valence electrons. The first-order valence-electron chi connectivity index (χ1n) is 7.59. The molecule has 0 aliphatic carbocycles. The summed E-state index contributed by atoms with van der Waals surface area (Å²) < 4.78 is 14.0. The first kappa shape index (κ1) is 16.8. The Bertz CT molecular complexity index is 986. The zero-order chi connectivity index (χ0) is 18.2. The van der Waals surface area contributed by atoms with E-state index in [9.17, 15) is 14.3 Å². The zero-order valence-electron chi connectivity index (χ0n) is 13.7. The summed E-state index contributed by atoms with van der Waals surface area (Å²) in [6, 6.07) is 4.29. The number of halogens is 1. The number of hydrogen-bond acceptors (Lipinski definition) is 4. The number of nitrogens with zero attached hydrogens (tertiary/aromatic N) is 2. The molecule has 2 heterocycles. The fourth-order valence-electron chi connectivity index (χ4n) is 2.44. The number of amides is 1.